The molecule has 1 N–H and O–H groups in total. The van der Waals surface area contributed by atoms with Gasteiger partial charge >= 0.3 is 21.1 Å². The molecular weight excluding hydrogens is 272 g/mol. The average molecular weight is 279 g/mol. The third kappa shape index (κ3) is 1.44. The number of aromatic nitrogens is 2. The Morgan fingerprint density at radius 1 is 1.50 bits per heavy atom. The van der Waals surface area contributed by atoms with Gasteiger partial charge in [0.2, 0.25) is 0 Å². The van der Waals surface area contributed by atoms with Gasteiger partial charge in [0, 0.05) is 0 Å². The zero-order valence-electron chi connectivity index (χ0n) is 4.86. The standard InChI is InChI=1S/C5H7N2.W/c1-4-3-6-7-5(4)2;/h1-2H3,(H,6,7);/q-1;+2. The molecule has 0 bridgehead atoms. The Kier molecular flexibility index (Phi) is 2.99. The molecule has 0 aliphatic rings. The smallest absolute Gasteiger partial charge is 0.379 e. The molecule has 0 unspecified atom stereocenters. The van der Waals surface area contributed by atoms with E-state index in [-0.39, 0.29) is 21.1 Å². The number of hydrogen-bond acceptors (Lipinski definition) is 1. The zero-order chi connectivity index (χ0) is 5.28. The first-order valence-electron chi connectivity index (χ1n) is 2.20. The van der Waals surface area contributed by atoms with Crippen molar-refractivity contribution in [3.8, 4) is 0 Å². The largest absolute Gasteiger partial charge is 2.00 e. The van der Waals surface area contributed by atoms with E-state index in [1.54, 1.807) is 0 Å². The van der Waals surface area contributed by atoms with Crippen LogP contribution in [-0.2, 0) is 21.1 Å². The van der Waals surface area contributed by atoms with E-state index < -0.39 is 0 Å². The predicted molar refractivity (Wildman–Crippen MR) is 26.9 cm³/mol. The fraction of sp³-hybridized carbons (Fsp3) is 0.400. The minimum atomic E-state index is 0. The number of nitrogens with zero attached hydrogens (tertiary/aromatic N) is 1. The Morgan fingerprint density at radius 2 is 2.12 bits per heavy atom. The first-order valence-corrected chi connectivity index (χ1v) is 2.20. The second-order valence-electron chi connectivity index (χ2n) is 1.59. The minimum absolute atomic E-state index is 0. The van der Waals surface area contributed by atoms with Crippen LogP contribution in [0.5, 0.6) is 0 Å². The SMILES string of the molecule is Cc1[c-]n[nH]c1C.[W+2]. The van der Waals surface area contributed by atoms with Crippen LogP contribution < -0.4 is 0 Å². The van der Waals surface area contributed by atoms with E-state index in [4.69, 9.17) is 0 Å². The van der Waals surface area contributed by atoms with Crippen molar-refractivity contribution in [2.24, 2.45) is 0 Å². The molecule has 42 valence electrons. The van der Waals surface area contributed by atoms with Crippen molar-refractivity contribution in [3.63, 3.8) is 0 Å². The summed E-state index contributed by atoms with van der Waals surface area (Å²) in [5.74, 6) is 0. The summed E-state index contributed by atoms with van der Waals surface area (Å²) in [7, 11) is 0. The summed E-state index contributed by atoms with van der Waals surface area (Å²) < 4.78 is 0. The maximum atomic E-state index is 3.67. The normalized spacial score (nSPS) is 8.25. The molecule has 1 rings (SSSR count). The van der Waals surface area contributed by atoms with E-state index in [0.717, 1.165) is 11.3 Å². The molecule has 0 aliphatic carbocycles. The van der Waals surface area contributed by atoms with E-state index in [1.165, 1.54) is 0 Å². The van der Waals surface area contributed by atoms with Gasteiger partial charge in [0.25, 0.3) is 0 Å². The summed E-state index contributed by atoms with van der Waals surface area (Å²) in [4.78, 5) is 0. The molecule has 0 aromatic carbocycles. The van der Waals surface area contributed by atoms with Crippen molar-refractivity contribution in [1.82, 2.24) is 10.2 Å². The van der Waals surface area contributed by atoms with Crippen LogP contribution in [0.3, 0.4) is 0 Å². The van der Waals surface area contributed by atoms with Crippen LogP contribution in [0.25, 0.3) is 0 Å². The fourth-order valence-corrected chi connectivity index (χ4v) is 0.363. The first-order chi connectivity index (χ1) is 3.30. The van der Waals surface area contributed by atoms with Crippen molar-refractivity contribution in [2.45, 2.75) is 13.8 Å². The third-order valence-corrected chi connectivity index (χ3v) is 1.01. The third-order valence-electron chi connectivity index (χ3n) is 1.01. The molecular formula is C5H7N2W+. The second-order valence-corrected chi connectivity index (χ2v) is 1.59. The van der Waals surface area contributed by atoms with Crippen molar-refractivity contribution >= 4 is 0 Å². The van der Waals surface area contributed by atoms with E-state index in [0.29, 0.717) is 0 Å². The van der Waals surface area contributed by atoms with Crippen molar-refractivity contribution in [1.29, 1.82) is 0 Å². The summed E-state index contributed by atoms with van der Waals surface area (Å²) in [6, 6.07) is 0. The summed E-state index contributed by atoms with van der Waals surface area (Å²) >= 11 is 0. The van der Waals surface area contributed by atoms with Crippen molar-refractivity contribution in [3.05, 3.63) is 17.5 Å². The molecule has 8 heavy (non-hydrogen) atoms. The molecule has 1 aromatic heterocycles. The van der Waals surface area contributed by atoms with Crippen LogP contribution in [0.2, 0.25) is 0 Å². The molecule has 1 heterocycles. The molecule has 2 nitrogen and oxygen atoms in total. The Hall–Kier alpha value is -0.102. The summed E-state index contributed by atoms with van der Waals surface area (Å²) in [6.07, 6.45) is 2.76. The summed E-state index contributed by atoms with van der Waals surface area (Å²) in [5.41, 5.74) is 2.19. The molecule has 0 amide bonds. The second kappa shape index (κ2) is 3.03. The van der Waals surface area contributed by atoms with Gasteiger partial charge in [-0.05, 0) is 0 Å². The maximum absolute atomic E-state index is 3.67. The van der Waals surface area contributed by atoms with Crippen molar-refractivity contribution < 1.29 is 21.1 Å². The van der Waals surface area contributed by atoms with E-state index in [2.05, 4.69) is 16.4 Å². The van der Waals surface area contributed by atoms with Gasteiger partial charge in [0.05, 0.1) is 0 Å². The minimum Gasteiger partial charge on any atom is -0.379 e. The van der Waals surface area contributed by atoms with Crippen LogP contribution in [0, 0.1) is 20.0 Å². The quantitative estimate of drug-likeness (QED) is 0.700. The Morgan fingerprint density at radius 3 is 2.25 bits per heavy atom. The van der Waals surface area contributed by atoms with Gasteiger partial charge in [-0.3, -0.25) is 0 Å². The number of aryl methyl sites for hydroxylation is 2. The zero-order valence-corrected chi connectivity index (χ0v) is 7.79. The number of rotatable bonds is 0. The fourth-order valence-electron chi connectivity index (χ4n) is 0.363. The van der Waals surface area contributed by atoms with Crippen LogP contribution in [0.1, 0.15) is 11.3 Å². The van der Waals surface area contributed by atoms with E-state index in [1.807, 2.05) is 13.8 Å². The molecule has 0 saturated heterocycles. The van der Waals surface area contributed by atoms with E-state index in [9.17, 15) is 0 Å². The Balaban J connectivity index is 0.000000490. The number of aromatic amines is 1. The van der Waals surface area contributed by atoms with Gasteiger partial charge in [0.1, 0.15) is 0 Å². The molecule has 3 heteroatoms. The predicted octanol–water partition coefficient (Wildman–Crippen LogP) is 0.824. The molecule has 0 spiro atoms. The van der Waals surface area contributed by atoms with Crippen LogP contribution in [0.15, 0.2) is 0 Å². The number of nitrogens with one attached hydrogen (secondary N) is 1. The number of H-pyrrole nitrogens is 1. The molecule has 0 fully saturated rings. The van der Waals surface area contributed by atoms with Gasteiger partial charge < -0.3 is 10.2 Å². The molecule has 0 atom stereocenters. The molecule has 0 saturated carbocycles. The van der Waals surface area contributed by atoms with Crippen molar-refractivity contribution in [2.75, 3.05) is 0 Å². The van der Waals surface area contributed by atoms with Crippen LogP contribution in [-0.4, -0.2) is 10.2 Å². The molecule has 1 aromatic rings. The van der Waals surface area contributed by atoms with E-state index >= 15 is 0 Å². The van der Waals surface area contributed by atoms with Crippen LogP contribution in [0.4, 0.5) is 0 Å². The molecule has 0 aliphatic heterocycles. The monoisotopic (exact) mass is 279 g/mol. The maximum Gasteiger partial charge on any atom is 2.00 e. The summed E-state index contributed by atoms with van der Waals surface area (Å²) in [6.45, 7) is 3.94. The molecule has 0 radical (unpaired) electrons. The topological polar surface area (TPSA) is 28.7 Å². The van der Waals surface area contributed by atoms with Gasteiger partial charge in [0.15, 0.2) is 0 Å². The van der Waals surface area contributed by atoms with Crippen LogP contribution >= 0.6 is 0 Å². The van der Waals surface area contributed by atoms with Gasteiger partial charge in [-0.1, -0.05) is 13.8 Å². The Labute approximate surface area is 62.9 Å². The Bertz CT molecular complexity index is 143. The van der Waals surface area contributed by atoms with Gasteiger partial charge in [-0.25, -0.2) is 0 Å². The number of hydrogen-bond donors (Lipinski definition) is 1. The first kappa shape index (κ1) is 7.90. The average Bonchev–Trinajstić information content (AvgIpc) is 1.91. The van der Waals surface area contributed by atoms with Gasteiger partial charge in [-0.15, -0.1) is 11.9 Å². The summed E-state index contributed by atoms with van der Waals surface area (Å²) in [5, 5.41) is 6.43. The van der Waals surface area contributed by atoms with Gasteiger partial charge in [-0.2, -0.15) is 5.56 Å².